The number of aliphatic imine (C=N–C) groups is 1. The molecule has 1 heterocycles. The predicted octanol–water partition coefficient (Wildman–Crippen LogP) is 3.33. The van der Waals surface area contributed by atoms with E-state index >= 15 is 0 Å². The fraction of sp³-hybridized carbons (Fsp3) is 0.545. The number of nitrogens with zero attached hydrogens (tertiary/aromatic N) is 2. The SMILES string of the molecule is CCN(CC)C(N)=NCCc1ccc(Br)s1.I. The van der Waals surface area contributed by atoms with Crippen LogP contribution in [0, 0.1) is 0 Å². The Labute approximate surface area is 133 Å². The van der Waals surface area contributed by atoms with E-state index in [4.69, 9.17) is 5.73 Å². The molecule has 0 aliphatic carbocycles. The fourth-order valence-electron chi connectivity index (χ4n) is 1.41. The summed E-state index contributed by atoms with van der Waals surface area (Å²) in [6, 6.07) is 4.19. The van der Waals surface area contributed by atoms with Gasteiger partial charge in [0.05, 0.1) is 3.79 Å². The van der Waals surface area contributed by atoms with E-state index in [-0.39, 0.29) is 24.0 Å². The summed E-state index contributed by atoms with van der Waals surface area (Å²) < 4.78 is 1.17. The first-order valence-electron chi connectivity index (χ1n) is 5.46. The van der Waals surface area contributed by atoms with Crippen LogP contribution in [0.5, 0.6) is 0 Å². The topological polar surface area (TPSA) is 41.6 Å². The van der Waals surface area contributed by atoms with Crippen LogP contribution in [0.3, 0.4) is 0 Å². The Morgan fingerprint density at radius 2 is 2.06 bits per heavy atom. The van der Waals surface area contributed by atoms with Crippen molar-refractivity contribution in [2.75, 3.05) is 19.6 Å². The van der Waals surface area contributed by atoms with Gasteiger partial charge in [-0.15, -0.1) is 35.3 Å². The average molecular weight is 432 g/mol. The average Bonchev–Trinajstić information content (AvgIpc) is 2.66. The van der Waals surface area contributed by atoms with Crippen LogP contribution >= 0.6 is 51.2 Å². The van der Waals surface area contributed by atoms with Gasteiger partial charge < -0.3 is 10.6 Å². The molecule has 98 valence electrons. The molecule has 0 atom stereocenters. The molecule has 0 amide bonds. The van der Waals surface area contributed by atoms with Crippen LogP contribution in [-0.4, -0.2) is 30.5 Å². The lowest BCUT2D eigenvalue weighted by molar-refractivity contribution is 0.458. The number of halogens is 2. The maximum absolute atomic E-state index is 5.88. The van der Waals surface area contributed by atoms with E-state index in [1.165, 1.54) is 8.66 Å². The third kappa shape index (κ3) is 6.05. The zero-order valence-corrected chi connectivity index (χ0v) is 14.9. The highest BCUT2D eigenvalue weighted by atomic mass is 127. The summed E-state index contributed by atoms with van der Waals surface area (Å²) in [6.45, 7) is 6.76. The molecular formula is C11H19BrIN3S. The first-order chi connectivity index (χ1) is 7.67. The van der Waals surface area contributed by atoms with E-state index in [9.17, 15) is 0 Å². The van der Waals surface area contributed by atoms with E-state index < -0.39 is 0 Å². The van der Waals surface area contributed by atoms with Crippen molar-refractivity contribution in [2.45, 2.75) is 20.3 Å². The van der Waals surface area contributed by atoms with Crippen molar-refractivity contribution < 1.29 is 0 Å². The van der Waals surface area contributed by atoms with E-state index in [2.05, 4.69) is 51.8 Å². The summed E-state index contributed by atoms with van der Waals surface area (Å²) >= 11 is 5.20. The van der Waals surface area contributed by atoms with Crippen LogP contribution in [0.2, 0.25) is 0 Å². The van der Waals surface area contributed by atoms with Gasteiger partial charge in [-0.2, -0.15) is 0 Å². The second-order valence-electron chi connectivity index (χ2n) is 3.37. The van der Waals surface area contributed by atoms with Crippen LogP contribution in [0.4, 0.5) is 0 Å². The maximum Gasteiger partial charge on any atom is 0.191 e. The van der Waals surface area contributed by atoms with Gasteiger partial charge in [-0.3, -0.25) is 4.99 Å². The van der Waals surface area contributed by atoms with Gasteiger partial charge in [0, 0.05) is 30.9 Å². The van der Waals surface area contributed by atoms with Crippen LogP contribution < -0.4 is 5.73 Å². The van der Waals surface area contributed by atoms with Crippen molar-refractivity contribution >= 4 is 57.2 Å². The Kier molecular flexibility index (Phi) is 9.25. The van der Waals surface area contributed by atoms with Crippen molar-refractivity contribution in [1.82, 2.24) is 4.90 Å². The molecule has 17 heavy (non-hydrogen) atoms. The van der Waals surface area contributed by atoms with Gasteiger partial charge in [0.1, 0.15) is 0 Å². The number of thiophene rings is 1. The van der Waals surface area contributed by atoms with E-state index in [1.807, 2.05) is 0 Å². The molecule has 1 aromatic rings. The van der Waals surface area contributed by atoms with Gasteiger partial charge in [0.15, 0.2) is 5.96 Å². The highest BCUT2D eigenvalue weighted by Crippen LogP contribution is 2.22. The maximum atomic E-state index is 5.88. The van der Waals surface area contributed by atoms with Crippen molar-refractivity contribution in [2.24, 2.45) is 10.7 Å². The quantitative estimate of drug-likeness (QED) is 0.441. The van der Waals surface area contributed by atoms with Gasteiger partial charge in [-0.1, -0.05) is 0 Å². The monoisotopic (exact) mass is 431 g/mol. The molecule has 0 bridgehead atoms. The van der Waals surface area contributed by atoms with Crippen LogP contribution in [0.1, 0.15) is 18.7 Å². The van der Waals surface area contributed by atoms with Gasteiger partial charge in [0.25, 0.3) is 0 Å². The Bertz CT molecular complexity index is 350. The summed E-state index contributed by atoms with van der Waals surface area (Å²) in [5.74, 6) is 0.653. The van der Waals surface area contributed by atoms with Crippen molar-refractivity contribution in [3.05, 3.63) is 20.8 Å². The number of hydrogen-bond donors (Lipinski definition) is 1. The lowest BCUT2D eigenvalue weighted by Gasteiger charge is -2.19. The molecule has 0 saturated carbocycles. The minimum atomic E-state index is 0. The van der Waals surface area contributed by atoms with E-state index in [0.29, 0.717) is 5.96 Å². The molecule has 0 aliphatic heterocycles. The van der Waals surface area contributed by atoms with Gasteiger partial charge in [0.2, 0.25) is 0 Å². The van der Waals surface area contributed by atoms with Crippen molar-refractivity contribution in [3.8, 4) is 0 Å². The minimum absolute atomic E-state index is 0. The molecule has 2 N–H and O–H groups in total. The Morgan fingerprint density at radius 3 is 2.53 bits per heavy atom. The molecule has 0 saturated heterocycles. The predicted molar refractivity (Wildman–Crippen MR) is 90.5 cm³/mol. The number of nitrogens with two attached hydrogens (primary N) is 1. The molecule has 0 radical (unpaired) electrons. The summed E-state index contributed by atoms with van der Waals surface area (Å²) in [6.07, 6.45) is 0.957. The third-order valence-electron chi connectivity index (χ3n) is 2.35. The van der Waals surface area contributed by atoms with Crippen molar-refractivity contribution in [3.63, 3.8) is 0 Å². The standard InChI is InChI=1S/C11H18BrN3S.HI/c1-3-15(4-2)11(13)14-8-7-9-5-6-10(12)16-9;/h5-6H,3-4,7-8H2,1-2H3,(H2,13,14);1H. The zero-order valence-electron chi connectivity index (χ0n) is 10.1. The third-order valence-corrected chi connectivity index (χ3v) is 4.03. The highest BCUT2D eigenvalue weighted by Gasteiger charge is 2.02. The molecule has 0 unspecified atom stereocenters. The highest BCUT2D eigenvalue weighted by molar-refractivity contribution is 14.0. The molecule has 6 heteroatoms. The summed E-state index contributed by atoms with van der Waals surface area (Å²) in [5.41, 5.74) is 5.88. The molecule has 3 nitrogen and oxygen atoms in total. The number of rotatable bonds is 5. The minimum Gasteiger partial charge on any atom is -0.370 e. The largest absolute Gasteiger partial charge is 0.370 e. The van der Waals surface area contributed by atoms with Gasteiger partial charge in [-0.05, 0) is 41.9 Å². The fourth-order valence-corrected chi connectivity index (χ4v) is 2.89. The van der Waals surface area contributed by atoms with Crippen LogP contribution in [0.25, 0.3) is 0 Å². The van der Waals surface area contributed by atoms with E-state index in [0.717, 1.165) is 26.1 Å². The lowest BCUT2D eigenvalue weighted by Crippen LogP contribution is -2.37. The summed E-state index contributed by atoms with van der Waals surface area (Å²) in [5, 5.41) is 0. The molecule has 0 fully saturated rings. The second kappa shape index (κ2) is 9.16. The molecule has 0 spiro atoms. The van der Waals surface area contributed by atoms with Crippen LogP contribution in [-0.2, 0) is 6.42 Å². The van der Waals surface area contributed by atoms with E-state index in [1.54, 1.807) is 11.3 Å². The van der Waals surface area contributed by atoms with Crippen LogP contribution in [0.15, 0.2) is 20.9 Å². The Balaban J connectivity index is 0.00000256. The lowest BCUT2D eigenvalue weighted by atomic mass is 10.3. The van der Waals surface area contributed by atoms with Crippen molar-refractivity contribution in [1.29, 1.82) is 0 Å². The molecule has 1 aromatic heterocycles. The first-order valence-corrected chi connectivity index (χ1v) is 7.07. The molecule has 0 aromatic carbocycles. The molecular weight excluding hydrogens is 413 g/mol. The normalized spacial score (nSPS) is 11.1. The molecule has 1 rings (SSSR count). The first kappa shape index (κ1) is 17.2. The summed E-state index contributed by atoms with van der Waals surface area (Å²) in [4.78, 5) is 7.78. The second-order valence-corrected chi connectivity index (χ2v) is 5.92. The van der Waals surface area contributed by atoms with Gasteiger partial charge in [-0.25, -0.2) is 0 Å². The Hall–Kier alpha value is 0.180. The number of guanidine groups is 1. The zero-order chi connectivity index (χ0) is 12.0. The smallest absolute Gasteiger partial charge is 0.191 e. The molecule has 0 aliphatic rings. The Morgan fingerprint density at radius 1 is 1.41 bits per heavy atom. The summed E-state index contributed by atoms with van der Waals surface area (Å²) in [7, 11) is 0. The van der Waals surface area contributed by atoms with Gasteiger partial charge >= 0.3 is 0 Å². The number of hydrogen-bond acceptors (Lipinski definition) is 2.